The minimum atomic E-state index is -0.0629. The highest BCUT2D eigenvalue weighted by atomic mass is 35.5. The SMILES string of the molecule is CC(=O)NC1CCCN(C(=O)c2cc(C)nc(Cl)c2)C1. The van der Waals surface area contributed by atoms with Crippen LogP contribution < -0.4 is 5.32 Å². The normalized spacial score (nSPS) is 18.8. The van der Waals surface area contributed by atoms with Crippen molar-refractivity contribution < 1.29 is 9.59 Å². The third-order valence-corrected chi connectivity index (χ3v) is 3.48. The molecule has 0 saturated carbocycles. The van der Waals surface area contributed by atoms with Gasteiger partial charge in [-0.15, -0.1) is 0 Å². The Balaban J connectivity index is 2.10. The van der Waals surface area contributed by atoms with Gasteiger partial charge in [0.05, 0.1) is 0 Å². The third kappa shape index (κ3) is 3.70. The Hall–Kier alpha value is -1.62. The maximum absolute atomic E-state index is 12.5. The van der Waals surface area contributed by atoms with Crippen LogP contribution in [0.1, 0.15) is 35.8 Å². The summed E-state index contributed by atoms with van der Waals surface area (Å²) in [5, 5.41) is 3.19. The van der Waals surface area contributed by atoms with Crippen LogP contribution in [0.15, 0.2) is 12.1 Å². The minimum Gasteiger partial charge on any atom is -0.352 e. The van der Waals surface area contributed by atoms with Crippen LogP contribution in [-0.4, -0.2) is 40.8 Å². The summed E-state index contributed by atoms with van der Waals surface area (Å²) in [6, 6.07) is 3.35. The molecule has 108 valence electrons. The number of piperidine rings is 1. The summed E-state index contributed by atoms with van der Waals surface area (Å²) in [6.45, 7) is 4.54. The van der Waals surface area contributed by atoms with E-state index in [0.717, 1.165) is 18.5 Å². The third-order valence-electron chi connectivity index (χ3n) is 3.29. The first-order valence-electron chi connectivity index (χ1n) is 6.66. The lowest BCUT2D eigenvalue weighted by molar-refractivity contribution is -0.120. The van der Waals surface area contributed by atoms with Gasteiger partial charge in [0.25, 0.3) is 5.91 Å². The average Bonchev–Trinajstić information content (AvgIpc) is 2.36. The number of nitrogens with zero attached hydrogens (tertiary/aromatic N) is 2. The fraction of sp³-hybridized carbons (Fsp3) is 0.500. The van der Waals surface area contributed by atoms with Crippen molar-refractivity contribution in [1.82, 2.24) is 15.2 Å². The van der Waals surface area contributed by atoms with E-state index in [4.69, 9.17) is 11.6 Å². The van der Waals surface area contributed by atoms with E-state index in [9.17, 15) is 9.59 Å². The van der Waals surface area contributed by atoms with Gasteiger partial charge in [0.15, 0.2) is 0 Å². The number of hydrogen-bond acceptors (Lipinski definition) is 3. The number of hydrogen-bond donors (Lipinski definition) is 1. The molecule has 1 N–H and O–H groups in total. The van der Waals surface area contributed by atoms with Crippen LogP contribution in [-0.2, 0) is 4.79 Å². The zero-order valence-corrected chi connectivity index (χ0v) is 12.4. The van der Waals surface area contributed by atoms with Gasteiger partial charge in [0.2, 0.25) is 5.91 Å². The van der Waals surface area contributed by atoms with Crippen molar-refractivity contribution in [2.24, 2.45) is 0 Å². The summed E-state index contributed by atoms with van der Waals surface area (Å²) in [5.74, 6) is -0.125. The lowest BCUT2D eigenvalue weighted by Crippen LogP contribution is -2.49. The zero-order valence-electron chi connectivity index (χ0n) is 11.6. The van der Waals surface area contributed by atoms with Gasteiger partial charge in [-0.25, -0.2) is 4.98 Å². The van der Waals surface area contributed by atoms with Crippen molar-refractivity contribution in [3.05, 3.63) is 28.5 Å². The maximum Gasteiger partial charge on any atom is 0.254 e. The molecule has 1 saturated heterocycles. The smallest absolute Gasteiger partial charge is 0.254 e. The molecule has 6 heteroatoms. The predicted molar refractivity (Wildman–Crippen MR) is 76.7 cm³/mol. The molecule has 2 heterocycles. The topological polar surface area (TPSA) is 62.3 Å². The highest BCUT2D eigenvalue weighted by molar-refractivity contribution is 6.29. The molecule has 1 aromatic heterocycles. The minimum absolute atomic E-state index is 0.0311. The molecular weight excluding hydrogens is 278 g/mol. The molecule has 20 heavy (non-hydrogen) atoms. The molecule has 1 unspecified atom stereocenters. The molecule has 5 nitrogen and oxygen atoms in total. The van der Waals surface area contributed by atoms with Crippen molar-refractivity contribution in [1.29, 1.82) is 0 Å². The van der Waals surface area contributed by atoms with Gasteiger partial charge in [0.1, 0.15) is 5.15 Å². The summed E-state index contributed by atoms with van der Waals surface area (Å²) >= 11 is 5.89. The van der Waals surface area contributed by atoms with Gasteiger partial charge in [-0.1, -0.05) is 11.6 Å². The number of pyridine rings is 1. The summed E-state index contributed by atoms with van der Waals surface area (Å²) < 4.78 is 0. The van der Waals surface area contributed by atoms with Crippen molar-refractivity contribution in [3.8, 4) is 0 Å². The first kappa shape index (κ1) is 14.8. The number of carbonyl (C=O) groups is 2. The Morgan fingerprint density at radius 2 is 2.20 bits per heavy atom. The Labute approximate surface area is 123 Å². The van der Waals surface area contributed by atoms with Gasteiger partial charge in [0, 0.05) is 37.3 Å². The second-order valence-electron chi connectivity index (χ2n) is 5.11. The van der Waals surface area contributed by atoms with Crippen molar-refractivity contribution in [2.45, 2.75) is 32.7 Å². The van der Waals surface area contributed by atoms with Crippen LogP contribution in [0, 0.1) is 6.92 Å². The summed E-state index contributed by atoms with van der Waals surface area (Å²) in [7, 11) is 0. The number of halogens is 1. The van der Waals surface area contributed by atoms with E-state index in [2.05, 4.69) is 10.3 Å². The molecule has 0 aliphatic carbocycles. The van der Waals surface area contributed by atoms with Crippen LogP contribution in [0.25, 0.3) is 0 Å². The number of amides is 2. The fourth-order valence-electron chi connectivity index (χ4n) is 2.50. The van der Waals surface area contributed by atoms with E-state index in [-0.39, 0.29) is 17.9 Å². The first-order chi connectivity index (χ1) is 9.45. The van der Waals surface area contributed by atoms with Crippen LogP contribution in [0.3, 0.4) is 0 Å². The van der Waals surface area contributed by atoms with Gasteiger partial charge in [-0.05, 0) is 31.9 Å². The molecule has 1 aliphatic heterocycles. The zero-order chi connectivity index (χ0) is 14.7. The molecular formula is C14H18ClN3O2. The molecule has 1 aromatic rings. The van der Waals surface area contributed by atoms with E-state index < -0.39 is 0 Å². The van der Waals surface area contributed by atoms with Crippen molar-refractivity contribution in [2.75, 3.05) is 13.1 Å². The first-order valence-corrected chi connectivity index (χ1v) is 7.04. The molecule has 2 amide bonds. The van der Waals surface area contributed by atoms with E-state index in [0.29, 0.717) is 23.8 Å². The molecule has 1 fully saturated rings. The Kier molecular flexibility index (Phi) is 4.60. The lowest BCUT2D eigenvalue weighted by Gasteiger charge is -2.33. The van der Waals surface area contributed by atoms with Crippen molar-refractivity contribution in [3.63, 3.8) is 0 Å². The monoisotopic (exact) mass is 295 g/mol. The number of nitrogens with one attached hydrogen (secondary N) is 1. The summed E-state index contributed by atoms with van der Waals surface area (Å²) in [6.07, 6.45) is 1.79. The van der Waals surface area contributed by atoms with Crippen molar-refractivity contribution >= 4 is 23.4 Å². The van der Waals surface area contributed by atoms with Gasteiger partial charge >= 0.3 is 0 Å². The quantitative estimate of drug-likeness (QED) is 0.846. The van der Waals surface area contributed by atoms with E-state index >= 15 is 0 Å². The molecule has 0 aromatic carbocycles. The second-order valence-corrected chi connectivity index (χ2v) is 5.50. The van der Waals surface area contributed by atoms with Crippen LogP contribution in [0.4, 0.5) is 0 Å². The number of rotatable bonds is 2. The largest absolute Gasteiger partial charge is 0.352 e. The number of aromatic nitrogens is 1. The van der Waals surface area contributed by atoms with Gasteiger partial charge < -0.3 is 10.2 Å². The van der Waals surface area contributed by atoms with E-state index in [1.54, 1.807) is 24.0 Å². The standard InChI is InChI=1S/C14H18ClN3O2/c1-9-6-11(7-13(15)16-9)14(20)18-5-3-4-12(8-18)17-10(2)19/h6-7,12H,3-5,8H2,1-2H3,(H,17,19). The lowest BCUT2D eigenvalue weighted by atomic mass is 10.0. The molecule has 0 spiro atoms. The average molecular weight is 296 g/mol. The number of carbonyl (C=O) groups excluding carboxylic acids is 2. The summed E-state index contributed by atoms with van der Waals surface area (Å²) in [5.41, 5.74) is 1.27. The highest BCUT2D eigenvalue weighted by Crippen LogP contribution is 2.16. The predicted octanol–water partition coefficient (Wildman–Crippen LogP) is 1.78. The Morgan fingerprint density at radius 3 is 2.85 bits per heavy atom. The Bertz CT molecular complexity index is 513. The molecule has 2 rings (SSSR count). The molecule has 0 bridgehead atoms. The highest BCUT2D eigenvalue weighted by Gasteiger charge is 2.25. The number of aryl methyl sites for hydroxylation is 1. The fourth-order valence-corrected chi connectivity index (χ4v) is 2.75. The van der Waals surface area contributed by atoms with E-state index in [1.807, 2.05) is 0 Å². The van der Waals surface area contributed by atoms with Gasteiger partial charge in [-0.2, -0.15) is 0 Å². The molecule has 1 atom stereocenters. The molecule has 1 aliphatic rings. The molecule has 0 radical (unpaired) electrons. The second kappa shape index (κ2) is 6.22. The maximum atomic E-state index is 12.5. The number of likely N-dealkylation sites (tertiary alicyclic amines) is 1. The van der Waals surface area contributed by atoms with E-state index in [1.165, 1.54) is 6.92 Å². The Morgan fingerprint density at radius 1 is 1.45 bits per heavy atom. The van der Waals surface area contributed by atoms with Gasteiger partial charge in [-0.3, -0.25) is 9.59 Å². The van der Waals surface area contributed by atoms with Crippen LogP contribution in [0.2, 0.25) is 5.15 Å². The van der Waals surface area contributed by atoms with Crippen LogP contribution in [0.5, 0.6) is 0 Å². The summed E-state index contributed by atoms with van der Waals surface area (Å²) in [4.78, 5) is 29.4. The van der Waals surface area contributed by atoms with Crippen LogP contribution >= 0.6 is 11.6 Å².